The standard InChI is InChI=1S/C18H39N5/c1-5-19-17(21-12-13-22-18(2,3)4)20-11-10-16-23-14-8-6-7-9-15-23/h22H,5-16H2,1-4H3,(H2,19,20,21). The highest BCUT2D eigenvalue weighted by molar-refractivity contribution is 5.79. The molecule has 0 aromatic rings. The number of rotatable bonds is 8. The van der Waals surface area contributed by atoms with Gasteiger partial charge in [-0.2, -0.15) is 0 Å². The van der Waals surface area contributed by atoms with E-state index in [1.54, 1.807) is 0 Å². The molecule has 136 valence electrons. The summed E-state index contributed by atoms with van der Waals surface area (Å²) in [6.45, 7) is 16.1. The molecule has 0 spiro atoms. The molecule has 5 nitrogen and oxygen atoms in total. The summed E-state index contributed by atoms with van der Waals surface area (Å²) in [6.07, 6.45) is 6.71. The Kier molecular flexibility index (Phi) is 10.3. The number of hydrogen-bond donors (Lipinski definition) is 3. The van der Waals surface area contributed by atoms with Crippen LogP contribution in [0.5, 0.6) is 0 Å². The lowest BCUT2D eigenvalue weighted by atomic mass is 10.1. The first-order valence-corrected chi connectivity index (χ1v) is 9.51. The third-order valence-electron chi connectivity index (χ3n) is 4.02. The van der Waals surface area contributed by atoms with Gasteiger partial charge in [0.2, 0.25) is 0 Å². The maximum Gasteiger partial charge on any atom is 0.191 e. The molecule has 1 saturated heterocycles. The van der Waals surface area contributed by atoms with Crippen LogP contribution in [0.15, 0.2) is 4.99 Å². The van der Waals surface area contributed by atoms with Crippen molar-refractivity contribution in [3.63, 3.8) is 0 Å². The molecule has 0 atom stereocenters. The molecule has 3 N–H and O–H groups in total. The second kappa shape index (κ2) is 11.7. The molecule has 0 amide bonds. The Balaban J connectivity index is 2.19. The van der Waals surface area contributed by atoms with Crippen molar-refractivity contribution in [3.05, 3.63) is 0 Å². The molecule has 0 saturated carbocycles. The van der Waals surface area contributed by atoms with Gasteiger partial charge in [-0.05, 0) is 66.6 Å². The average molecular weight is 326 g/mol. The molecule has 1 heterocycles. The molecule has 1 aliphatic rings. The van der Waals surface area contributed by atoms with E-state index in [1.807, 2.05) is 0 Å². The zero-order valence-electron chi connectivity index (χ0n) is 15.9. The van der Waals surface area contributed by atoms with Crippen molar-refractivity contribution in [1.29, 1.82) is 0 Å². The number of guanidine groups is 1. The highest BCUT2D eigenvalue weighted by Crippen LogP contribution is 2.09. The van der Waals surface area contributed by atoms with Crippen LogP contribution in [-0.4, -0.2) is 62.2 Å². The Morgan fingerprint density at radius 1 is 1.00 bits per heavy atom. The lowest BCUT2D eigenvalue weighted by Crippen LogP contribution is -2.44. The third kappa shape index (κ3) is 11.4. The van der Waals surface area contributed by atoms with Gasteiger partial charge in [0.25, 0.3) is 0 Å². The van der Waals surface area contributed by atoms with Crippen LogP contribution < -0.4 is 16.0 Å². The second-order valence-corrected chi connectivity index (χ2v) is 7.47. The third-order valence-corrected chi connectivity index (χ3v) is 4.02. The summed E-state index contributed by atoms with van der Waals surface area (Å²) >= 11 is 0. The van der Waals surface area contributed by atoms with E-state index >= 15 is 0 Å². The van der Waals surface area contributed by atoms with Crippen LogP contribution in [0, 0.1) is 0 Å². The van der Waals surface area contributed by atoms with Crippen molar-refractivity contribution in [2.45, 2.75) is 65.3 Å². The van der Waals surface area contributed by atoms with Gasteiger partial charge in [-0.15, -0.1) is 0 Å². The molecule has 23 heavy (non-hydrogen) atoms. The molecule has 0 aromatic heterocycles. The van der Waals surface area contributed by atoms with Crippen molar-refractivity contribution >= 4 is 5.96 Å². The van der Waals surface area contributed by atoms with Crippen LogP contribution in [-0.2, 0) is 0 Å². The molecule has 0 aliphatic carbocycles. The second-order valence-electron chi connectivity index (χ2n) is 7.47. The van der Waals surface area contributed by atoms with Gasteiger partial charge in [0.1, 0.15) is 0 Å². The maximum absolute atomic E-state index is 4.70. The van der Waals surface area contributed by atoms with Crippen molar-refractivity contribution in [2.75, 3.05) is 45.8 Å². The lowest BCUT2D eigenvalue weighted by molar-refractivity contribution is 0.283. The zero-order valence-corrected chi connectivity index (χ0v) is 15.9. The van der Waals surface area contributed by atoms with Gasteiger partial charge in [0, 0.05) is 31.7 Å². The van der Waals surface area contributed by atoms with E-state index < -0.39 is 0 Å². The van der Waals surface area contributed by atoms with Gasteiger partial charge in [-0.1, -0.05) is 12.8 Å². The Labute approximate surface area is 143 Å². The number of nitrogens with zero attached hydrogens (tertiary/aromatic N) is 2. The van der Waals surface area contributed by atoms with Crippen LogP contribution >= 0.6 is 0 Å². The normalized spacial score (nSPS) is 17.8. The van der Waals surface area contributed by atoms with Crippen LogP contribution in [0.3, 0.4) is 0 Å². The summed E-state index contributed by atoms with van der Waals surface area (Å²) in [5.41, 5.74) is 0.171. The van der Waals surface area contributed by atoms with Crippen LogP contribution in [0.2, 0.25) is 0 Å². The first kappa shape index (κ1) is 20.2. The van der Waals surface area contributed by atoms with Crippen LogP contribution in [0.4, 0.5) is 0 Å². The highest BCUT2D eigenvalue weighted by atomic mass is 15.2. The maximum atomic E-state index is 4.70. The van der Waals surface area contributed by atoms with E-state index in [-0.39, 0.29) is 5.54 Å². The molecule has 5 heteroatoms. The van der Waals surface area contributed by atoms with Gasteiger partial charge in [-0.3, -0.25) is 4.99 Å². The van der Waals surface area contributed by atoms with E-state index in [0.29, 0.717) is 0 Å². The number of aliphatic imine (C=N–C) groups is 1. The molecular weight excluding hydrogens is 286 g/mol. The van der Waals surface area contributed by atoms with Crippen molar-refractivity contribution in [3.8, 4) is 0 Å². The molecular formula is C18H39N5. The van der Waals surface area contributed by atoms with Crippen molar-refractivity contribution < 1.29 is 0 Å². The Morgan fingerprint density at radius 2 is 1.70 bits per heavy atom. The number of nitrogens with one attached hydrogen (secondary N) is 3. The number of hydrogen-bond acceptors (Lipinski definition) is 3. The topological polar surface area (TPSA) is 51.7 Å². The summed E-state index contributed by atoms with van der Waals surface area (Å²) in [6, 6.07) is 0. The fraction of sp³-hybridized carbons (Fsp3) is 0.944. The van der Waals surface area contributed by atoms with Gasteiger partial charge in [0.15, 0.2) is 5.96 Å². The quantitative estimate of drug-likeness (QED) is 0.364. The van der Waals surface area contributed by atoms with E-state index in [0.717, 1.165) is 38.6 Å². The summed E-state index contributed by atoms with van der Waals surface area (Å²) in [4.78, 5) is 7.30. The first-order chi connectivity index (χ1) is 11.0. The summed E-state index contributed by atoms with van der Waals surface area (Å²) in [7, 11) is 0. The van der Waals surface area contributed by atoms with E-state index in [9.17, 15) is 0 Å². The van der Waals surface area contributed by atoms with Gasteiger partial charge in [-0.25, -0.2) is 0 Å². The summed E-state index contributed by atoms with van der Waals surface area (Å²) in [5, 5.41) is 10.2. The fourth-order valence-corrected chi connectivity index (χ4v) is 2.81. The summed E-state index contributed by atoms with van der Waals surface area (Å²) < 4.78 is 0. The molecule has 0 radical (unpaired) electrons. The SMILES string of the molecule is CCNC(=NCCCN1CCCCCC1)NCCNC(C)(C)C. The molecule has 1 aliphatic heterocycles. The highest BCUT2D eigenvalue weighted by Gasteiger charge is 2.09. The fourth-order valence-electron chi connectivity index (χ4n) is 2.81. The van der Waals surface area contributed by atoms with Gasteiger partial charge < -0.3 is 20.9 Å². The Hall–Kier alpha value is -0.810. The monoisotopic (exact) mass is 325 g/mol. The smallest absolute Gasteiger partial charge is 0.191 e. The van der Waals surface area contributed by atoms with Crippen molar-refractivity contribution in [1.82, 2.24) is 20.9 Å². The molecule has 0 unspecified atom stereocenters. The van der Waals surface area contributed by atoms with Gasteiger partial charge >= 0.3 is 0 Å². The van der Waals surface area contributed by atoms with Crippen molar-refractivity contribution in [2.24, 2.45) is 4.99 Å². The van der Waals surface area contributed by atoms with E-state index in [1.165, 1.54) is 45.3 Å². The van der Waals surface area contributed by atoms with Crippen LogP contribution in [0.25, 0.3) is 0 Å². The minimum absolute atomic E-state index is 0.171. The largest absolute Gasteiger partial charge is 0.357 e. The lowest BCUT2D eigenvalue weighted by Gasteiger charge is -2.21. The molecule has 0 aromatic carbocycles. The van der Waals surface area contributed by atoms with Crippen LogP contribution in [0.1, 0.15) is 59.8 Å². The zero-order chi connectivity index (χ0) is 17.0. The summed E-state index contributed by atoms with van der Waals surface area (Å²) in [5.74, 6) is 0.944. The van der Waals surface area contributed by atoms with E-state index in [4.69, 9.17) is 4.99 Å². The first-order valence-electron chi connectivity index (χ1n) is 9.51. The molecule has 1 fully saturated rings. The molecule has 0 bridgehead atoms. The Bertz CT molecular complexity index is 314. The van der Waals surface area contributed by atoms with E-state index in [2.05, 4.69) is 48.5 Å². The molecule has 1 rings (SSSR count). The average Bonchev–Trinajstić information content (AvgIpc) is 2.75. The predicted molar refractivity (Wildman–Crippen MR) is 101 cm³/mol. The minimum Gasteiger partial charge on any atom is -0.357 e. The Morgan fingerprint density at radius 3 is 2.30 bits per heavy atom. The predicted octanol–water partition coefficient (Wildman–Crippen LogP) is 2.20. The minimum atomic E-state index is 0.171. The number of likely N-dealkylation sites (tertiary alicyclic amines) is 1. The van der Waals surface area contributed by atoms with Gasteiger partial charge in [0.05, 0.1) is 0 Å².